The summed E-state index contributed by atoms with van der Waals surface area (Å²) in [6.07, 6.45) is 2.86. The van der Waals surface area contributed by atoms with Crippen LogP contribution in [0.4, 0.5) is 0 Å². The molecule has 0 spiro atoms. The van der Waals surface area contributed by atoms with E-state index in [0.717, 1.165) is 50.8 Å². The summed E-state index contributed by atoms with van der Waals surface area (Å²) < 4.78 is 13.2. The molecule has 0 amide bonds. The molecule has 0 unspecified atom stereocenters. The van der Waals surface area contributed by atoms with Crippen LogP contribution >= 0.6 is 31.9 Å². The van der Waals surface area contributed by atoms with Crippen molar-refractivity contribution in [1.82, 2.24) is 0 Å². The molecular formula is C19H24Br2N4O2+2. The highest BCUT2D eigenvalue weighted by molar-refractivity contribution is 9.10. The van der Waals surface area contributed by atoms with Crippen molar-refractivity contribution in [3.8, 4) is 11.5 Å². The summed E-state index contributed by atoms with van der Waals surface area (Å²) in [5.74, 6) is 2.12. The summed E-state index contributed by atoms with van der Waals surface area (Å²) in [6.45, 7) is 1.26. The van der Waals surface area contributed by atoms with Crippen LogP contribution in [0.3, 0.4) is 0 Å². The molecule has 2 aromatic rings. The number of rotatable bonds is 10. The lowest BCUT2D eigenvalue weighted by atomic mass is 10.2. The molecule has 0 aliphatic rings. The molecular weight excluding hydrogens is 476 g/mol. The van der Waals surface area contributed by atoms with E-state index in [2.05, 4.69) is 31.9 Å². The predicted octanol–water partition coefficient (Wildman–Crippen LogP) is 0.769. The maximum absolute atomic E-state index is 5.78. The quantitative estimate of drug-likeness (QED) is 0.219. The van der Waals surface area contributed by atoms with Gasteiger partial charge in [-0.3, -0.25) is 22.3 Å². The first-order valence-electron chi connectivity index (χ1n) is 8.49. The Hall–Kier alpha value is -2.06. The van der Waals surface area contributed by atoms with E-state index < -0.39 is 0 Å². The molecule has 2 rings (SSSR count). The van der Waals surface area contributed by atoms with Gasteiger partial charge >= 0.3 is 0 Å². The normalized spacial score (nSPS) is 10.4. The van der Waals surface area contributed by atoms with Gasteiger partial charge in [0, 0.05) is 0 Å². The van der Waals surface area contributed by atoms with Crippen LogP contribution in [-0.2, 0) is 0 Å². The zero-order valence-corrected chi connectivity index (χ0v) is 18.1. The minimum Gasteiger partial charge on any atom is -0.492 e. The van der Waals surface area contributed by atoms with Gasteiger partial charge in [-0.05, 0) is 87.5 Å². The Bertz CT molecular complexity index is 760. The van der Waals surface area contributed by atoms with Crippen molar-refractivity contribution in [3.05, 3.63) is 56.5 Å². The maximum Gasteiger partial charge on any atom is 0.270 e. The van der Waals surface area contributed by atoms with Crippen molar-refractivity contribution in [2.75, 3.05) is 13.2 Å². The number of unbranched alkanes of at least 4 members (excludes halogenated alkanes) is 2. The van der Waals surface area contributed by atoms with E-state index in [1.165, 1.54) is 0 Å². The predicted molar refractivity (Wildman–Crippen MR) is 114 cm³/mol. The molecule has 0 aliphatic carbocycles. The Balaban J connectivity index is 1.67. The monoisotopic (exact) mass is 498 g/mol. The minimum atomic E-state index is 0.285. The standard InChI is InChI=1S/C19H22Br2N4O2/c20-14-10-12(18(22)23)4-6-16(14)26-8-2-1-3-9-27-17-7-5-13(19(24)25)11-15(17)21/h4-7,10-11H,1-3,8-9H2,(H3,22,23)(H3,24,25)/p+2. The summed E-state index contributed by atoms with van der Waals surface area (Å²) in [7, 11) is 0. The Morgan fingerprint density at radius 1 is 0.741 bits per heavy atom. The van der Waals surface area contributed by atoms with E-state index in [1.54, 1.807) is 0 Å². The van der Waals surface area contributed by atoms with Gasteiger partial charge in [0.25, 0.3) is 11.7 Å². The zero-order valence-electron chi connectivity index (χ0n) is 14.9. The molecule has 0 saturated heterocycles. The Morgan fingerprint density at radius 3 is 1.48 bits per heavy atom. The molecule has 8 N–H and O–H groups in total. The molecule has 27 heavy (non-hydrogen) atoms. The summed E-state index contributed by atoms with van der Waals surface area (Å²) in [6, 6.07) is 11.1. The fraction of sp³-hybridized carbons (Fsp3) is 0.263. The lowest BCUT2D eigenvalue weighted by Gasteiger charge is -2.10. The molecule has 0 bridgehead atoms. The van der Waals surface area contributed by atoms with Crippen molar-refractivity contribution in [2.45, 2.75) is 19.3 Å². The molecule has 6 nitrogen and oxygen atoms in total. The number of amidine groups is 2. The Morgan fingerprint density at radius 2 is 1.15 bits per heavy atom. The van der Waals surface area contributed by atoms with Crippen molar-refractivity contribution in [3.63, 3.8) is 0 Å². The average molecular weight is 500 g/mol. The van der Waals surface area contributed by atoms with Gasteiger partial charge in [0.05, 0.1) is 33.3 Å². The Kier molecular flexibility index (Phi) is 8.12. The van der Waals surface area contributed by atoms with Crippen LogP contribution in [0, 0.1) is 0 Å². The maximum atomic E-state index is 5.78. The molecule has 0 atom stereocenters. The number of benzene rings is 2. The lowest BCUT2D eigenvalue weighted by Crippen LogP contribution is -2.46. The van der Waals surface area contributed by atoms with Gasteiger partial charge in [-0.25, -0.2) is 0 Å². The third-order valence-electron chi connectivity index (χ3n) is 3.83. The molecule has 8 heteroatoms. The fourth-order valence-corrected chi connectivity index (χ4v) is 3.33. The van der Waals surface area contributed by atoms with Crippen LogP contribution in [-0.4, -0.2) is 24.9 Å². The summed E-state index contributed by atoms with van der Waals surface area (Å²) in [5, 5.41) is 11.2. The molecule has 144 valence electrons. The first-order valence-corrected chi connectivity index (χ1v) is 10.1. The number of hydrogen-bond acceptors (Lipinski definition) is 2. The van der Waals surface area contributed by atoms with Crippen molar-refractivity contribution >= 4 is 43.5 Å². The van der Waals surface area contributed by atoms with Crippen LogP contribution < -0.4 is 31.8 Å². The molecule has 0 aromatic heterocycles. The third kappa shape index (κ3) is 6.55. The first kappa shape index (κ1) is 21.2. The summed E-state index contributed by atoms with van der Waals surface area (Å²) in [5.41, 5.74) is 12.7. The molecule has 0 heterocycles. The van der Waals surface area contributed by atoms with E-state index in [1.807, 2.05) is 36.4 Å². The van der Waals surface area contributed by atoms with Crippen molar-refractivity contribution < 1.29 is 20.3 Å². The van der Waals surface area contributed by atoms with Crippen LogP contribution in [0.2, 0.25) is 0 Å². The smallest absolute Gasteiger partial charge is 0.270 e. The molecule has 0 aliphatic heterocycles. The number of halogens is 2. The van der Waals surface area contributed by atoms with E-state index in [0.29, 0.717) is 13.2 Å². The lowest BCUT2D eigenvalue weighted by molar-refractivity contribution is -0.115. The minimum absolute atomic E-state index is 0.285. The number of hydrogen-bond donors (Lipinski definition) is 4. The van der Waals surface area contributed by atoms with Gasteiger partial charge in [-0.15, -0.1) is 0 Å². The SMILES string of the molecule is NC(=[NH2+])c1ccc(OCCCCCOc2ccc(C(N)=[NH2+])cc2Br)c(Br)c1. The second-order valence-corrected chi connectivity index (χ2v) is 7.67. The molecule has 0 saturated carbocycles. The summed E-state index contributed by atoms with van der Waals surface area (Å²) >= 11 is 6.93. The number of nitrogens with two attached hydrogens (primary N) is 4. The highest BCUT2D eigenvalue weighted by atomic mass is 79.9. The second kappa shape index (κ2) is 10.3. The van der Waals surface area contributed by atoms with Gasteiger partial charge in [0.2, 0.25) is 0 Å². The van der Waals surface area contributed by atoms with Gasteiger partial charge < -0.3 is 9.47 Å². The van der Waals surface area contributed by atoms with E-state index in [9.17, 15) is 0 Å². The average Bonchev–Trinajstić information content (AvgIpc) is 2.62. The molecule has 2 aromatic carbocycles. The molecule has 0 fully saturated rings. The summed E-state index contributed by atoms with van der Waals surface area (Å²) in [4.78, 5) is 0. The fourth-order valence-electron chi connectivity index (χ4n) is 2.34. The van der Waals surface area contributed by atoms with E-state index in [-0.39, 0.29) is 11.7 Å². The van der Waals surface area contributed by atoms with Gasteiger partial charge in [0.15, 0.2) is 0 Å². The third-order valence-corrected chi connectivity index (χ3v) is 5.07. The van der Waals surface area contributed by atoms with Crippen molar-refractivity contribution in [1.29, 1.82) is 0 Å². The highest BCUT2D eigenvalue weighted by Crippen LogP contribution is 2.27. The van der Waals surface area contributed by atoms with Gasteiger partial charge in [-0.2, -0.15) is 0 Å². The second-order valence-electron chi connectivity index (χ2n) is 5.96. The topological polar surface area (TPSA) is 122 Å². The van der Waals surface area contributed by atoms with Crippen LogP contribution in [0.5, 0.6) is 11.5 Å². The van der Waals surface area contributed by atoms with E-state index in [4.69, 9.17) is 31.8 Å². The number of ether oxygens (including phenoxy) is 2. The van der Waals surface area contributed by atoms with Gasteiger partial charge in [-0.1, -0.05) is 0 Å². The van der Waals surface area contributed by atoms with Gasteiger partial charge in [0.1, 0.15) is 11.5 Å². The Labute approximate surface area is 175 Å². The van der Waals surface area contributed by atoms with Crippen LogP contribution in [0.15, 0.2) is 45.3 Å². The zero-order chi connectivity index (χ0) is 19.8. The van der Waals surface area contributed by atoms with Crippen molar-refractivity contribution in [2.24, 2.45) is 11.5 Å². The highest BCUT2D eigenvalue weighted by Gasteiger charge is 2.08. The van der Waals surface area contributed by atoms with Crippen LogP contribution in [0.25, 0.3) is 0 Å². The van der Waals surface area contributed by atoms with E-state index >= 15 is 0 Å². The first-order chi connectivity index (χ1) is 12.9. The largest absolute Gasteiger partial charge is 0.492 e. The van der Waals surface area contributed by atoms with Crippen LogP contribution in [0.1, 0.15) is 30.4 Å². The molecule has 0 radical (unpaired) electrons.